The van der Waals surface area contributed by atoms with Crippen molar-refractivity contribution in [3.8, 4) is 11.5 Å². The molecule has 6 nitrogen and oxygen atoms in total. The number of piperidine rings is 1. The van der Waals surface area contributed by atoms with E-state index in [0.29, 0.717) is 35.3 Å². The van der Waals surface area contributed by atoms with Crippen LogP contribution in [0.1, 0.15) is 36.5 Å². The summed E-state index contributed by atoms with van der Waals surface area (Å²) in [6.07, 6.45) is 2.79. The Bertz CT molecular complexity index is 820. The van der Waals surface area contributed by atoms with Crippen LogP contribution in [0.15, 0.2) is 48.5 Å². The molecule has 3 rings (SSSR count). The van der Waals surface area contributed by atoms with Gasteiger partial charge in [-0.25, -0.2) is 0 Å². The van der Waals surface area contributed by atoms with Crippen LogP contribution in [0.25, 0.3) is 0 Å². The molecule has 7 heteroatoms. The van der Waals surface area contributed by atoms with Gasteiger partial charge in [-0.15, -0.1) is 12.4 Å². The van der Waals surface area contributed by atoms with E-state index in [0.717, 1.165) is 31.6 Å². The summed E-state index contributed by atoms with van der Waals surface area (Å²) in [5, 5.41) is 6.31. The van der Waals surface area contributed by atoms with Gasteiger partial charge in [-0.05, 0) is 74.2 Å². The van der Waals surface area contributed by atoms with Crippen LogP contribution >= 0.6 is 12.4 Å². The van der Waals surface area contributed by atoms with Crippen LogP contribution < -0.4 is 21.1 Å². The largest absolute Gasteiger partial charge is 0.457 e. The number of nitrogens with one attached hydrogen (secondary N) is 2. The van der Waals surface area contributed by atoms with Crippen LogP contribution in [-0.2, 0) is 4.79 Å². The summed E-state index contributed by atoms with van der Waals surface area (Å²) in [6.45, 7) is 4.23. The molecule has 1 heterocycles. The molecule has 1 unspecified atom stereocenters. The van der Waals surface area contributed by atoms with E-state index in [1.807, 2.05) is 0 Å². The van der Waals surface area contributed by atoms with Gasteiger partial charge in [0, 0.05) is 12.1 Å². The van der Waals surface area contributed by atoms with Gasteiger partial charge in [0.05, 0.1) is 5.56 Å². The second kappa shape index (κ2) is 10.8. The fraction of sp³-hybridized carbons (Fsp3) is 0.364. The zero-order valence-corrected chi connectivity index (χ0v) is 17.3. The van der Waals surface area contributed by atoms with E-state index in [2.05, 4.69) is 17.6 Å². The third-order valence-electron chi connectivity index (χ3n) is 5.21. The minimum Gasteiger partial charge on any atom is -0.457 e. The highest BCUT2D eigenvalue weighted by Crippen LogP contribution is 2.27. The lowest BCUT2D eigenvalue weighted by molar-refractivity contribution is -0.117. The maximum absolute atomic E-state index is 12.4. The van der Waals surface area contributed by atoms with E-state index in [1.54, 1.807) is 48.5 Å². The monoisotopic (exact) mass is 417 g/mol. The Morgan fingerprint density at radius 2 is 1.79 bits per heavy atom. The number of amides is 2. The number of carbonyl (C=O) groups excluding carboxylic acids is 2. The summed E-state index contributed by atoms with van der Waals surface area (Å²) in [4.78, 5) is 23.8. The van der Waals surface area contributed by atoms with Crippen LogP contribution in [0.3, 0.4) is 0 Å². The number of nitrogens with two attached hydrogens (primary N) is 1. The van der Waals surface area contributed by atoms with Gasteiger partial charge in [0.2, 0.25) is 5.91 Å². The van der Waals surface area contributed by atoms with Crippen LogP contribution in [0.4, 0.5) is 5.69 Å². The van der Waals surface area contributed by atoms with Crippen molar-refractivity contribution in [3.63, 3.8) is 0 Å². The Morgan fingerprint density at radius 1 is 1.14 bits per heavy atom. The number of anilines is 1. The highest BCUT2D eigenvalue weighted by Gasteiger charge is 2.22. The average molecular weight is 418 g/mol. The standard InChI is InChI=1S/C22H27N3O3.ClH/c1-15(16-10-12-24-13-11-16)14-21(26)25-17-6-8-18(9-7-17)28-20-5-3-2-4-19(20)22(23)27;/h2-9,15-16,24H,10-14H2,1H3,(H2,23,27)(H,25,26);1H. The normalized spacial score (nSPS) is 15.1. The summed E-state index contributed by atoms with van der Waals surface area (Å²) in [6, 6.07) is 13.9. The second-order valence-corrected chi connectivity index (χ2v) is 7.30. The van der Waals surface area contributed by atoms with Gasteiger partial charge in [0.15, 0.2) is 0 Å². The van der Waals surface area contributed by atoms with Gasteiger partial charge in [-0.1, -0.05) is 19.1 Å². The van der Waals surface area contributed by atoms with Gasteiger partial charge in [-0.3, -0.25) is 9.59 Å². The molecule has 0 spiro atoms. The van der Waals surface area contributed by atoms with Gasteiger partial charge in [0.25, 0.3) is 5.91 Å². The first-order valence-corrected chi connectivity index (χ1v) is 9.70. The van der Waals surface area contributed by atoms with Crippen molar-refractivity contribution in [1.82, 2.24) is 5.32 Å². The van der Waals surface area contributed by atoms with E-state index >= 15 is 0 Å². The molecule has 0 saturated carbocycles. The molecular weight excluding hydrogens is 390 g/mol. The Balaban J connectivity index is 0.00000300. The minimum absolute atomic E-state index is 0. The average Bonchev–Trinajstić information content (AvgIpc) is 2.70. The second-order valence-electron chi connectivity index (χ2n) is 7.30. The van der Waals surface area contributed by atoms with E-state index < -0.39 is 5.91 Å². The lowest BCUT2D eigenvalue weighted by Gasteiger charge is -2.27. The Morgan fingerprint density at radius 3 is 2.45 bits per heavy atom. The highest BCUT2D eigenvalue weighted by molar-refractivity contribution is 5.95. The quantitative estimate of drug-likeness (QED) is 0.635. The number of benzene rings is 2. The first kappa shape index (κ1) is 22.7. The SMILES string of the molecule is CC(CC(=O)Nc1ccc(Oc2ccccc2C(N)=O)cc1)C1CCNCC1.Cl. The smallest absolute Gasteiger partial charge is 0.252 e. The number of ether oxygens (including phenoxy) is 1. The van der Waals surface area contributed by atoms with Gasteiger partial charge in [-0.2, -0.15) is 0 Å². The van der Waals surface area contributed by atoms with Crippen LogP contribution in [0.2, 0.25) is 0 Å². The zero-order valence-electron chi connectivity index (χ0n) is 16.5. The van der Waals surface area contributed by atoms with E-state index in [4.69, 9.17) is 10.5 Å². The maximum atomic E-state index is 12.4. The molecule has 2 aromatic rings. The number of primary amides is 1. The molecule has 1 aliphatic rings. The minimum atomic E-state index is -0.539. The maximum Gasteiger partial charge on any atom is 0.252 e. The van der Waals surface area contributed by atoms with E-state index in [1.165, 1.54) is 0 Å². The molecule has 2 aromatic carbocycles. The lowest BCUT2D eigenvalue weighted by Crippen LogP contribution is -2.32. The molecule has 1 saturated heterocycles. The van der Waals surface area contributed by atoms with Gasteiger partial charge < -0.3 is 21.1 Å². The van der Waals surface area contributed by atoms with Crippen molar-refractivity contribution < 1.29 is 14.3 Å². The van der Waals surface area contributed by atoms with E-state index in [9.17, 15) is 9.59 Å². The molecule has 0 aromatic heterocycles. The number of halogens is 1. The van der Waals surface area contributed by atoms with Crippen LogP contribution in [0.5, 0.6) is 11.5 Å². The van der Waals surface area contributed by atoms with Crippen molar-refractivity contribution in [1.29, 1.82) is 0 Å². The topological polar surface area (TPSA) is 93.4 Å². The summed E-state index contributed by atoms with van der Waals surface area (Å²) in [7, 11) is 0. The number of para-hydroxylation sites is 1. The third-order valence-corrected chi connectivity index (χ3v) is 5.21. The first-order chi connectivity index (χ1) is 13.5. The molecule has 1 atom stereocenters. The Hall–Kier alpha value is -2.57. The first-order valence-electron chi connectivity index (χ1n) is 9.70. The summed E-state index contributed by atoms with van der Waals surface area (Å²) in [5.74, 6) is 1.43. The lowest BCUT2D eigenvalue weighted by atomic mass is 9.84. The number of rotatable bonds is 7. The predicted molar refractivity (Wildman–Crippen MR) is 117 cm³/mol. The van der Waals surface area contributed by atoms with Crippen LogP contribution in [-0.4, -0.2) is 24.9 Å². The Labute approximate surface area is 177 Å². The number of hydrogen-bond acceptors (Lipinski definition) is 4. The predicted octanol–water partition coefficient (Wildman–Crippen LogP) is 3.96. The molecular formula is C22H28ClN3O3. The van der Waals surface area contributed by atoms with Crippen LogP contribution in [0, 0.1) is 11.8 Å². The van der Waals surface area contributed by atoms with Crippen molar-refractivity contribution in [3.05, 3.63) is 54.1 Å². The summed E-state index contributed by atoms with van der Waals surface area (Å²) < 4.78 is 5.76. The van der Waals surface area contributed by atoms with Gasteiger partial charge >= 0.3 is 0 Å². The van der Waals surface area contributed by atoms with Crippen molar-refractivity contribution in [2.75, 3.05) is 18.4 Å². The summed E-state index contributed by atoms with van der Waals surface area (Å²) in [5.41, 5.74) is 6.42. The van der Waals surface area contributed by atoms with E-state index in [-0.39, 0.29) is 18.3 Å². The molecule has 4 N–H and O–H groups in total. The Kier molecular flexibility index (Phi) is 8.49. The fourth-order valence-corrected chi connectivity index (χ4v) is 3.58. The fourth-order valence-electron chi connectivity index (χ4n) is 3.58. The number of carbonyl (C=O) groups is 2. The zero-order chi connectivity index (χ0) is 19.9. The molecule has 1 aliphatic heterocycles. The molecule has 156 valence electrons. The van der Waals surface area contributed by atoms with Gasteiger partial charge in [0.1, 0.15) is 11.5 Å². The molecule has 0 bridgehead atoms. The number of hydrogen-bond donors (Lipinski definition) is 3. The van der Waals surface area contributed by atoms with Crippen molar-refractivity contribution >= 4 is 29.9 Å². The molecule has 1 fully saturated rings. The van der Waals surface area contributed by atoms with Crippen molar-refractivity contribution in [2.45, 2.75) is 26.2 Å². The molecule has 0 aliphatic carbocycles. The summed E-state index contributed by atoms with van der Waals surface area (Å²) >= 11 is 0. The highest BCUT2D eigenvalue weighted by atomic mass is 35.5. The molecule has 29 heavy (non-hydrogen) atoms. The van der Waals surface area contributed by atoms with Crippen molar-refractivity contribution in [2.24, 2.45) is 17.6 Å². The molecule has 0 radical (unpaired) electrons. The third kappa shape index (κ3) is 6.48. The molecule has 2 amide bonds.